The molecule has 1 saturated heterocycles. The molecule has 1 N–H and O–H groups in total. The number of carbonyl (C=O) groups is 1. The molecule has 1 heterocycles. The Morgan fingerprint density at radius 1 is 0.886 bits per heavy atom. The molecular weight excluding hydrogens is 477 g/mol. The summed E-state index contributed by atoms with van der Waals surface area (Å²) in [6.07, 6.45) is -6.80. The van der Waals surface area contributed by atoms with E-state index >= 15 is 0 Å². The van der Waals surface area contributed by atoms with E-state index in [-0.39, 0.29) is 35.3 Å². The summed E-state index contributed by atoms with van der Waals surface area (Å²) in [5.41, 5.74) is -1.94. The molecule has 10 heteroatoms. The lowest BCUT2D eigenvalue weighted by Gasteiger charge is -2.45. The number of rotatable bonds is 5. The number of hydrogen-bond donors (Lipinski definition) is 1. The molecule has 1 aliphatic carbocycles. The van der Waals surface area contributed by atoms with Crippen molar-refractivity contribution in [3.05, 3.63) is 70.5 Å². The summed E-state index contributed by atoms with van der Waals surface area (Å²) in [5, 5.41) is 2.49. The molecule has 0 radical (unpaired) electrons. The van der Waals surface area contributed by atoms with Crippen molar-refractivity contribution >= 4 is 5.91 Å². The van der Waals surface area contributed by atoms with E-state index in [0.717, 1.165) is 31.5 Å². The first-order chi connectivity index (χ1) is 16.4. The summed E-state index contributed by atoms with van der Waals surface area (Å²) in [5.74, 6) is -0.588. The Hall–Kier alpha value is -2.62. The van der Waals surface area contributed by atoms with Crippen LogP contribution in [0.25, 0.3) is 0 Å². The first-order valence-electron chi connectivity index (χ1n) is 11.5. The molecule has 2 aromatic rings. The van der Waals surface area contributed by atoms with Crippen molar-refractivity contribution in [2.75, 3.05) is 13.1 Å². The van der Waals surface area contributed by atoms with Gasteiger partial charge in [-0.25, -0.2) is 4.39 Å². The molecule has 1 saturated carbocycles. The van der Waals surface area contributed by atoms with Gasteiger partial charge in [0, 0.05) is 18.5 Å². The van der Waals surface area contributed by atoms with Gasteiger partial charge in [-0.15, -0.1) is 0 Å². The van der Waals surface area contributed by atoms with Gasteiger partial charge < -0.3 is 10.2 Å². The Kier molecular flexibility index (Phi) is 7.13. The van der Waals surface area contributed by atoms with Gasteiger partial charge in [-0.2, -0.15) is 26.3 Å². The second-order valence-electron chi connectivity index (χ2n) is 9.32. The Morgan fingerprint density at radius 3 is 1.94 bits per heavy atom. The summed E-state index contributed by atoms with van der Waals surface area (Å²) < 4.78 is 91.2. The number of halogens is 7. The molecule has 35 heavy (non-hydrogen) atoms. The molecule has 1 aliphatic heterocycles. The van der Waals surface area contributed by atoms with Crippen LogP contribution in [0.4, 0.5) is 30.7 Å². The quantitative estimate of drug-likeness (QED) is 0.499. The highest BCUT2D eigenvalue weighted by Gasteiger charge is 2.40. The van der Waals surface area contributed by atoms with E-state index < -0.39 is 30.0 Å². The Balaban J connectivity index is 1.26. The van der Waals surface area contributed by atoms with E-state index in [2.05, 4.69) is 10.2 Å². The number of likely N-dealkylation sites (tertiary alicyclic amines) is 1. The molecule has 0 atom stereocenters. The van der Waals surface area contributed by atoms with Gasteiger partial charge in [0.05, 0.1) is 11.1 Å². The van der Waals surface area contributed by atoms with Crippen molar-refractivity contribution in [3.63, 3.8) is 0 Å². The van der Waals surface area contributed by atoms with Gasteiger partial charge in [-0.3, -0.25) is 4.79 Å². The minimum Gasteiger partial charge on any atom is -0.352 e. The second-order valence-corrected chi connectivity index (χ2v) is 9.32. The molecule has 2 fully saturated rings. The molecule has 2 aliphatic rings. The van der Waals surface area contributed by atoms with E-state index in [1.807, 2.05) is 0 Å². The molecule has 0 unspecified atom stereocenters. The molecule has 2 aromatic carbocycles. The van der Waals surface area contributed by atoms with Crippen molar-refractivity contribution in [1.82, 2.24) is 10.2 Å². The third kappa shape index (κ3) is 6.15. The lowest BCUT2D eigenvalue weighted by atomic mass is 9.77. The van der Waals surface area contributed by atoms with Crippen LogP contribution in [0.5, 0.6) is 0 Å². The zero-order chi connectivity index (χ0) is 25.4. The summed E-state index contributed by atoms with van der Waals surface area (Å²) in [6, 6.07) is 8.09. The highest BCUT2D eigenvalue weighted by Crippen LogP contribution is 2.38. The number of benzene rings is 2. The minimum absolute atomic E-state index is 0.0705. The fourth-order valence-electron chi connectivity index (χ4n) is 4.89. The SMILES string of the molecule is O=C(NCc1cc(C(F)(F)F)cc(C(F)(F)F)c1)C1CC(N2CCC(c3ccc(F)cc3)CC2)C1. The average molecular weight is 502 g/mol. The summed E-state index contributed by atoms with van der Waals surface area (Å²) in [4.78, 5) is 14.8. The number of nitrogens with one attached hydrogen (secondary N) is 1. The van der Waals surface area contributed by atoms with Crippen LogP contribution in [-0.4, -0.2) is 29.9 Å². The molecule has 0 aromatic heterocycles. The summed E-state index contributed by atoms with van der Waals surface area (Å²) in [7, 11) is 0. The lowest BCUT2D eigenvalue weighted by molar-refractivity contribution is -0.143. The van der Waals surface area contributed by atoms with Crippen molar-refractivity contribution in [3.8, 4) is 0 Å². The van der Waals surface area contributed by atoms with E-state index in [1.54, 1.807) is 12.1 Å². The van der Waals surface area contributed by atoms with E-state index in [0.29, 0.717) is 30.9 Å². The Morgan fingerprint density at radius 2 is 1.43 bits per heavy atom. The second kappa shape index (κ2) is 9.79. The number of amides is 1. The van der Waals surface area contributed by atoms with Crippen LogP contribution in [0.1, 0.15) is 53.9 Å². The van der Waals surface area contributed by atoms with Crippen molar-refractivity contribution in [2.45, 2.75) is 56.5 Å². The van der Waals surface area contributed by atoms with Gasteiger partial charge >= 0.3 is 12.4 Å². The maximum Gasteiger partial charge on any atom is 0.416 e. The maximum atomic E-state index is 13.1. The van der Waals surface area contributed by atoms with Gasteiger partial charge in [0.1, 0.15) is 5.82 Å². The predicted octanol–water partition coefficient (Wildman–Crippen LogP) is 6.14. The highest BCUT2D eigenvalue weighted by molar-refractivity contribution is 5.79. The zero-order valence-electron chi connectivity index (χ0n) is 18.7. The standard InChI is InChI=1S/C25H25F7N2O/c26-21-3-1-16(2-4-21)17-5-7-34(8-6-17)22-11-18(12-22)23(35)33-14-15-9-19(24(27,28)29)13-20(10-15)25(30,31)32/h1-4,9-10,13,17-18,22H,5-8,11-12,14H2,(H,33,35). The Labute approximate surface area is 198 Å². The number of piperidine rings is 1. The zero-order valence-corrected chi connectivity index (χ0v) is 18.7. The van der Waals surface area contributed by atoms with Crippen molar-refractivity contribution < 1.29 is 35.5 Å². The molecule has 3 nitrogen and oxygen atoms in total. The van der Waals surface area contributed by atoms with Crippen LogP contribution in [-0.2, 0) is 23.7 Å². The first kappa shape index (κ1) is 25.5. The number of carbonyl (C=O) groups excluding carboxylic acids is 1. The number of nitrogens with zero attached hydrogens (tertiary/aromatic N) is 1. The van der Waals surface area contributed by atoms with Crippen LogP contribution in [0.2, 0.25) is 0 Å². The highest BCUT2D eigenvalue weighted by atomic mass is 19.4. The smallest absolute Gasteiger partial charge is 0.352 e. The van der Waals surface area contributed by atoms with Gasteiger partial charge in [0.15, 0.2) is 0 Å². The van der Waals surface area contributed by atoms with Gasteiger partial charge in [-0.05, 0) is 86.1 Å². The van der Waals surface area contributed by atoms with Crippen LogP contribution in [0.15, 0.2) is 42.5 Å². The van der Waals surface area contributed by atoms with Gasteiger partial charge in [0.25, 0.3) is 0 Å². The van der Waals surface area contributed by atoms with Gasteiger partial charge in [-0.1, -0.05) is 12.1 Å². The molecule has 0 spiro atoms. The Bertz CT molecular complexity index is 1000. The van der Waals surface area contributed by atoms with Crippen LogP contribution < -0.4 is 5.32 Å². The molecule has 0 bridgehead atoms. The normalized spacial score (nSPS) is 22.0. The van der Waals surface area contributed by atoms with Crippen LogP contribution in [0, 0.1) is 11.7 Å². The molecule has 4 rings (SSSR count). The molecular formula is C25H25F7N2O. The van der Waals surface area contributed by atoms with Crippen LogP contribution in [0.3, 0.4) is 0 Å². The summed E-state index contributed by atoms with van der Waals surface area (Å²) in [6.45, 7) is 1.30. The third-order valence-electron chi connectivity index (χ3n) is 6.99. The van der Waals surface area contributed by atoms with Crippen molar-refractivity contribution in [2.24, 2.45) is 5.92 Å². The number of hydrogen-bond acceptors (Lipinski definition) is 2. The fourth-order valence-corrected chi connectivity index (χ4v) is 4.89. The lowest BCUT2D eigenvalue weighted by Crippen LogP contribution is -2.51. The van der Waals surface area contributed by atoms with E-state index in [4.69, 9.17) is 0 Å². The third-order valence-corrected chi connectivity index (χ3v) is 6.99. The average Bonchev–Trinajstić information content (AvgIpc) is 2.76. The minimum atomic E-state index is -4.93. The van der Waals surface area contributed by atoms with Crippen LogP contribution >= 0.6 is 0 Å². The topological polar surface area (TPSA) is 32.3 Å². The molecule has 190 valence electrons. The maximum absolute atomic E-state index is 13.1. The fraction of sp³-hybridized carbons (Fsp3) is 0.480. The van der Waals surface area contributed by atoms with Crippen molar-refractivity contribution in [1.29, 1.82) is 0 Å². The monoisotopic (exact) mass is 502 g/mol. The molecule has 1 amide bonds. The van der Waals surface area contributed by atoms with Gasteiger partial charge in [0.2, 0.25) is 5.91 Å². The predicted molar refractivity (Wildman–Crippen MR) is 115 cm³/mol. The summed E-state index contributed by atoms with van der Waals surface area (Å²) >= 11 is 0. The first-order valence-corrected chi connectivity index (χ1v) is 11.5. The van der Waals surface area contributed by atoms with E-state index in [1.165, 1.54) is 12.1 Å². The number of alkyl halides is 6. The van der Waals surface area contributed by atoms with E-state index in [9.17, 15) is 35.5 Å². The largest absolute Gasteiger partial charge is 0.416 e.